The molecule has 1 atom stereocenters. The molecule has 4 nitrogen and oxygen atoms in total. The molecule has 0 aliphatic carbocycles. The van der Waals surface area contributed by atoms with Gasteiger partial charge in [0, 0.05) is 37.6 Å². The van der Waals surface area contributed by atoms with Gasteiger partial charge in [0.25, 0.3) is 0 Å². The van der Waals surface area contributed by atoms with Gasteiger partial charge in [-0.2, -0.15) is 0 Å². The minimum atomic E-state index is 0.275. The molecule has 1 fully saturated rings. The van der Waals surface area contributed by atoms with Gasteiger partial charge < -0.3 is 15.1 Å². The van der Waals surface area contributed by atoms with Gasteiger partial charge in [0.05, 0.1) is 5.02 Å². The van der Waals surface area contributed by atoms with Crippen LogP contribution >= 0.6 is 23.8 Å². The van der Waals surface area contributed by atoms with Gasteiger partial charge in [-0.25, -0.2) is 4.98 Å². The Morgan fingerprint density at radius 1 is 1.23 bits per heavy atom. The Hall–Kier alpha value is -1.85. The molecule has 0 bridgehead atoms. The second kappa shape index (κ2) is 8.23. The first-order chi connectivity index (χ1) is 12.5. The minimum absolute atomic E-state index is 0.275. The van der Waals surface area contributed by atoms with Crippen LogP contribution in [-0.4, -0.2) is 40.7 Å². The summed E-state index contributed by atoms with van der Waals surface area (Å²) in [6, 6.07) is 12.5. The first-order valence-corrected chi connectivity index (χ1v) is 9.77. The summed E-state index contributed by atoms with van der Waals surface area (Å²) in [4.78, 5) is 8.88. The summed E-state index contributed by atoms with van der Waals surface area (Å²) >= 11 is 11.9. The van der Waals surface area contributed by atoms with Crippen LogP contribution in [-0.2, 0) is 0 Å². The molecule has 26 heavy (non-hydrogen) atoms. The van der Waals surface area contributed by atoms with Crippen molar-refractivity contribution in [3.8, 4) is 0 Å². The van der Waals surface area contributed by atoms with Gasteiger partial charge in [-0.15, -0.1) is 0 Å². The Labute approximate surface area is 166 Å². The fraction of sp³-hybridized carbons (Fsp3) is 0.400. The number of hydrogen-bond acceptors (Lipinski definition) is 3. The number of piperazine rings is 1. The molecule has 1 unspecified atom stereocenters. The number of halogens is 1. The van der Waals surface area contributed by atoms with Gasteiger partial charge in [-0.1, -0.05) is 37.6 Å². The summed E-state index contributed by atoms with van der Waals surface area (Å²) in [5.41, 5.74) is 2.36. The average Bonchev–Trinajstić information content (AvgIpc) is 2.62. The number of rotatable bonds is 3. The lowest BCUT2D eigenvalue weighted by molar-refractivity contribution is 0.301. The maximum atomic E-state index is 6.29. The second-order valence-corrected chi connectivity index (χ2v) is 7.80. The molecule has 2 heterocycles. The number of benzene rings is 1. The molecular formula is C20H25ClN4S. The van der Waals surface area contributed by atoms with Crippen LogP contribution in [0.1, 0.15) is 32.3 Å². The van der Waals surface area contributed by atoms with E-state index in [0.29, 0.717) is 10.9 Å². The lowest BCUT2D eigenvalue weighted by atomic mass is 10.0. The molecule has 0 amide bonds. The van der Waals surface area contributed by atoms with Crippen LogP contribution in [0.2, 0.25) is 5.02 Å². The van der Waals surface area contributed by atoms with Crippen molar-refractivity contribution in [1.82, 2.24) is 9.88 Å². The van der Waals surface area contributed by atoms with Crippen LogP contribution in [0.15, 0.2) is 42.6 Å². The third kappa shape index (κ3) is 4.27. The first kappa shape index (κ1) is 18.9. The van der Waals surface area contributed by atoms with Crippen molar-refractivity contribution >= 4 is 40.4 Å². The van der Waals surface area contributed by atoms with Crippen molar-refractivity contribution in [1.29, 1.82) is 0 Å². The van der Waals surface area contributed by atoms with E-state index in [1.807, 2.05) is 12.1 Å². The van der Waals surface area contributed by atoms with Crippen LogP contribution in [0.25, 0.3) is 0 Å². The summed E-state index contributed by atoms with van der Waals surface area (Å²) in [6.07, 6.45) is 1.78. The Morgan fingerprint density at radius 2 is 1.96 bits per heavy atom. The van der Waals surface area contributed by atoms with Crippen molar-refractivity contribution in [2.75, 3.05) is 29.9 Å². The van der Waals surface area contributed by atoms with E-state index in [2.05, 4.69) is 65.1 Å². The summed E-state index contributed by atoms with van der Waals surface area (Å²) in [5, 5.41) is 4.83. The van der Waals surface area contributed by atoms with E-state index in [-0.39, 0.29) is 6.04 Å². The minimum Gasteiger partial charge on any atom is -0.352 e. The van der Waals surface area contributed by atoms with E-state index in [1.165, 1.54) is 5.56 Å². The molecule has 1 saturated heterocycles. The van der Waals surface area contributed by atoms with Gasteiger partial charge in [-0.3, -0.25) is 0 Å². The Bertz CT molecular complexity index is 763. The quantitative estimate of drug-likeness (QED) is 0.766. The van der Waals surface area contributed by atoms with Crippen molar-refractivity contribution in [2.24, 2.45) is 0 Å². The summed E-state index contributed by atoms with van der Waals surface area (Å²) in [5.74, 6) is 1.38. The molecule has 138 valence electrons. The lowest BCUT2D eigenvalue weighted by Gasteiger charge is -2.41. The molecule has 3 rings (SSSR count). The largest absolute Gasteiger partial charge is 0.352 e. The normalized spacial score (nSPS) is 17.5. The van der Waals surface area contributed by atoms with E-state index >= 15 is 0 Å². The standard InChI is InChI=1S/C20H25ClN4S/c1-14(2)16-6-8-17(9-7-16)23-20(26)25-12-11-24(13-15(25)3)19-18(21)5-4-10-22-19/h4-10,14-15H,11-13H2,1-3H3,(H,23,26). The highest BCUT2D eigenvalue weighted by atomic mass is 35.5. The van der Waals surface area contributed by atoms with Crippen molar-refractivity contribution in [3.63, 3.8) is 0 Å². The zero-order valence-corrected chi connectivity index (χ0v) is 17.0. The number of hydrogen-bond donors (Lipinski definition) is 1. The number of nitrogens with zero attached hydrogens (tertiary/aromatic N) is 3. The highest BCUT2D eigenvalue weighted by Crippen LogP contribution is 2.25. The Kier molecular flexibility index (Phi) is 5.99. The first-order valence-electron chi connectivity index (χ1n) is 8.98. The van der Waals surface area contributed by atoms with Crippen LogP contribution in [0.4, 0.5) is 11.5 Å². The van der Waals surface area contributed by atoms with Crippen molar-refractivity contribution in [3.05, 3.63) is 53.2 Å². The molecule has 0 spiro atoms. The van der Waals surface area contributed by atoms with Crippen LogP contribution < -0.4 is 10.2 Å². The van der Waals surface area contributed by atoms with Gasteiger partial charge in [0.15, 0.2) is 5.11 Å². The van der Waals surface area contributed by atoms with E-state index < -0.39 is 0 Å². The fourth-order valence-corrected chi connectivity index (χ4v) is 3.84. The van der Waals surface area contributed by atoms with Gasteiger partial charge in [-0.05, 0) is 54.9 Å². The highest BCUT2D eigenvalue weighted by Gasteiger charge is 2.27. The number of nitrogens with one attached hydrogen (secondary N) is 1. The average molecular weight is 389 g/mol. The van der Waals surface area contributed by atoms with E-state index in [9.17, 15) is 0 Å². The molecule has 1 aliphatic rings. The zero-order chi connectivity index (χ0) is 18.7. The molecule has 1 aromatic carbocycles. The Morgan fingerprint density at radius 3 is 2.58 bits per heavy atom. The third-order valence-corrected chi connectivity index (χ3v) is 5.39. The third-order valence-electron chi connectivity index (χ3n) is 4.76. The van der Waals surface area contributed by atoms with Gasteiger partial charge in [0.2, 0.25) is 0 Å². The monoisotopic (exact) mass is 388 g/mol. The van der Waals surface area contributed by atoms with Gasteiger partial charge in [0.1, 0.15) is 5.82 Å². The molecule has 1 aliphatic heterocycles. The highest BCUT2D eigenvalue weighted by molar-refractivity contribution is 7.80. The maximum absolute atomic E-state index is 6.29. The van der Waals surface area contributed by atoms with E-state index in [4.69, 9.17) is 23.8 Å². The second-order valence-electron chi connectivity index (χ2n) is 7.00. The van der Waals surface area contributed by atoms with Crippen LogP contribution in [0, 0.1) is 0 Å². The number of thiocarbonyl (C=S) groups is 1. The van der Waals surface area contributed by atoms with Crippen molar-refractivity contribution in [2.45, 2.75) is 32.7 Å². The number of pyridine rings is 1. The fourth-order valence-electron chi connectivity index (χ4n) is 3.21. The molecule has 2 aromatic rings. The lowest BCUT2D eigenvalue weighted by Crippen LogP contribution is -2.55. The summed E-state index contributed by atoms with van der Waals surface area (Å²) in [7, 11) is 0. The SMILES string of the molecule is CC(C)c1ccc(NC(=S)N2CCN(c3ncccc3Cl)CC2C)cc1. The molecule has 0 radical (unpaired) electrons. The van der Waals surface area contributed by atoms with Crippen molar-refractivity contribution < 1.29 is 0 Å². The zero-order valence-electron chi connectivity index (χ0n) is 15.4. The summed E-state index contributed by atoms with van der Waals surface area (Å²) < 4.78 is 0. The predicted molar refractivity (Wildman–Crippen MR) is 114 cm³/mol. The predicted octanol–water partition coefficient (Wildman–Crippen LogP) is 4.77. The van der Waals surface area contributed by atoms with Gasteiger partial charge >= 0.3 is 0 Å². The molecule has 0 saturated carbocycles. The Balaban J connectivity index is 1.62. The molecule has 1 aromatic heterocycles. The summed E-state index contributed by atoms with van der Waals surface area (Å²) in [6.45, 7) is 9.09. The number of anilines is 2. The van der Waals surface area contributed by atoms with Crippen LogP contribution in [0.5, 0.6) is 0 Å². The van der Waals surface area contributed by atoms with E-state index in [1.54, 1.807) is 6.20 Å². The maximum Gasteiger partial charge on any atom is 0.173 e. The molecular weight excluding hydrogens is 364 g/mol. The molecule has 1 N–H and O–H groups in total. The van der Waals surface area contributed by atoms with E-state index in [0.717, 1.165) is 36.3 Å². The smallest absolute Gasteiger partial charge is 0.173 e. The van der Waals surface area contributed by atoms with Crippen LogP contribution in [0.3, 0.4) is 0 Å². The topological polar surface area (TPSA) is 31.4 Å². The number of aromatic nitrogens is 1. The molecule has 6 heteroatoms.